The third kappa shape index (κ3) is 1610. The first-order valence-electron chi connectivity index (χ1n) is 1.33. The number of hydrogen-bond acceptors (Lipinski definition) is 8. The van der Waals surface area contributed by atoms with E-state index < -0.39 is 20.8 Å². The van der Waals surface area contributed by atoms with Crippen LogP contribution in [-0.4, -0.2) is 35.0 Å². The fraction of sp³-hybridized carbons (Fsp3) is 0. The standard InChI is InChI=1S/H3N.2H2O4S.Y/c;2*1-5(2,3)4;/h1H3;2*(H2,1,2,3,4);/q;;;+3/p-3. The molecule has 0 rings (SSSR count). The van der Waals surface area contributed by atoms with Gasteiger partial charge in [0.1, 0.15) is 0 Å². The summed E-state index contributed by atoms with van der Waals surface area (Å²) in [5.74, 6) is 0. The molecule has 0 fully saturated rings. The van der Waals surface area contributed by atoms with Crippen LogP contribution in [0.25, 0.3) is 0 Å². The first-order valence-corrected chi connectivity index (χ1v) is 4.00. The molecule has 0 amide bonds. The average Bonchev–Trinajstić information content (AvgIpc) is 1.12. The van der Waals surface area contributed by atoms with E-state index in [1.807, 2.05) is 0 Å². The maximum Gasteiger partial charge on any atom is 3.00 e. The average molecular weight is 299 g/mol. The summed E-state index contributed by atoms with van der Waals surface area (Å²) < 4.78 is 68.2. The molecule has 9 nitrogen and oxygen atoms in total. The molecule has 12 heavy (non-hydrogen) atoms. The van der Waals surface area contributed by atoms with Crippen molar-refractivity contribution in [1.82, 2.24) is 6.15 Å². The molecule has 0 saturated carbocycles. The van der Waals surface area contributed by atoms with Crippen molar-refractivity contribution in [2.24, 2.45) is 0 Å². The zero-order valence-corrected chi connectivity index (χ0v) is 10.1. The molecule has 0 bridgehead atoms. The molecule has 0 aliphatic rings. The van der Waals surface area contributed by atoms with Crippen molar-refractivity contribution in [1.29, 1.82) is 0 Å². The minimum Gasteiger partial charge on any atom is -0.759 e. The summed E-state index contributed by atoms with van der Waals surface area (Å²) in [6.45, 7) is 0. The molecule has 0 aromatic rings. The number of rotatable bonds is 0. The van der Waals surface area contributed by atoms with Crippen LogP contribution in [0.3, 0.4) is 0 Å². The molecule has 72 valence electrons. The Labute approximate surface area is 94.2 Å². The van der Waals surface area contributed by atoms with Crippen molar-refractivity contribution < 1.29 is 67.8 Å². The second-order valence-electron chi connectivity index (χ2n) is 0.816. The molecule has 0 atom stereocenters. The van der Waals surface area contributed by atoms with Gasteiger partial charge in [0, 0.05) is 20.8 Å². The first kappa shape index (κ1) is 23.0. The summed E-state index contributed by atoms with van der Waals surface area (Å²) in [7, 11) is -10.3. The van der Waals surface area contributed by atoms with Crippen molar-refractivity contribution in [2.75, 3.05) is 0 Å². The molecule has 0 saturated heterocycles. The van der Waals surface area contributed by atoms with E-state index in [1.54, 1.807) is 0 Å². The topological polar surface area (TPSA) is 197 Å². The van der Waals surface area contributed by atoms with Gasteiger partial charge in [-0.1, -0.05) is 0 Å². The summed E-state index contributed by atoms with van der Waals surface area (Å²) in [6, 6.07) is 0. The minimum atomic E-state index is -5.17. The molecule has 0 aliphatic carbocycles. The Bertz CT molecular complexity index is 213. The van der Waals surface area contributed by atoms with Crippen molar-refractivity contribution in [2.45, 2.75) is 0 Å². The molecule has 0 heterocycles. The molecular weight excluding hydrogens is 295 g/mol. The van der Waals surface area contributed by atoms with Crippen molar-refractivity contribution in [3.05, 3.63) is 0 Å². The van der Waals surface area contributed by atoms with Crippen LogP contribution in [0.4, 0.5) is 0 Å². The molecule has 0 aromatic heterocycles. The quantitative estimate of drug-likeness (QED) is 0.380. The van der Waals surface area contributed by atoms with Crippen LogP contribution in [-0.2, 0) is 53.5 Å². The molecule has 0 spiro atoms. The Balaban J connectivity index is -0.0000000457. The number of hydrogen-bond donors (Lipinski definition) is 1. The molecule has 0 aromatic carbocycles. The van der Waals surface area contributed by atoms with Gasteiger partial charge in [0.15, 0.2) is 0 Å². The first-order chi connectivity index (χ1) is 4.00. The van der Waals surface area contributed by atoms with Crippen molar-refractivity contribution >= 4 is 20.8 Å². The van der Waals surface area contributed by atoms with Crippen LogP contribution >= 0.6 is 0 Å². The van der Waals surface area contributed by atoms with E-state index in [0.29, 0.717) is 0 Å². The van der Waals surface area contributed by atoms with E-state index in [0.717, 1.165) is 0 Å². The Morgan fingerprint density at radius 1 is 0.667 bits per heavy atom. The number of quaternary nitrogens is 1. The maximum atomic E-state index is 8.52. The van der Waals surface area contributed by atoms with E-state index in [2.05, 4.69) is 0 Å². The van der Waals surface area contributed by atoms with Gasteiger partial charge in [-0.25, -0.2) is 0 Å². The van der Waals surface area contributed by atoms with Crippen molar-refractivity contribution in [3.63, 3.8) is 0 Å². The molecular formula is H4NO8S2Y. The van der Waals surface area contributed by atoms with Gasteiger partial charge in [-0.05, 0) is 0 Å². The summed E-state index contributed by atoms with van der Waals surface area (Å²) >= 11 is 0. The van der Waals surface area contributed by atoms with Crippen LogP contribution in [0.2, 0.25) is 0 Å². The van der Waals surface area contributed by atoms with E-state index in [-0.39, 0.29) is 38.9 Å². The minimum absolute atomic E-state index is 0. The van der Waals surface area contributed by atoms with Crippen LogP contribution in [0.15, 0.2) is 0 Å². The van der Waals surface area contributed by atoms with Gasteiger partial charge in [-0.2, -0.15) is 0 Å². The molecule has 0 unspecified atom stereocenters. The third-order valence-electron chi connectivity index (χ3n) is 0. The van der Waals surface area contributed by atoms with Gasteiger partial charge in [0.2, 0.25) is 0 Å². The normalized spacial score (nSPS) is 9.67. The smallest absolute Gasteiger partial charge is 0.759 e. The van der Waals surface area contributed by atoms with Crippen molar-refractivity contribution in [3.8, 4) is 0 Å². The zero-order valence-electron chi connectivity index (χ0n) is 5.66. The van der Waals surface area contributed by atoms with E-state index in [1.165, 1.54) is 0 Å². The van der Waals surface area contributed by atoms with Crippen LogP contribution < -0.4 is 6.15 Å². The molecule has 4 N–H and O–H groups in total. The summed E-state index contributed by atoms with van der Waals surface area (Å²) in [5, 5.41) is 0. The second-order valence-corrected chi connectivity index (χ2v) is 2.45. The third-order valence-corrected chi connectivity index (χ3v) is 0. The molecule has 0 radical (unpaired) electrons. The second kappa shape index (κ2) is 8.40. The monoisotopic (exact) mass is 299 g/mol. The fourth-order valence-corrected chi connectivity index (χ4v) is 0. The van der Waals surface area contributed by atoms with Crippen LogP contribution in [0.5, 0.6) is 0 Å². The van der Waals surface area contributed by atoms with E-state index >= 15 is 0 Å². The molecule has 0 aliphatic heterocycles. The Morgan fingerprint density at radius 3 is 0.667 bits per heavy atom. The Hall–Kier alpha value is 0.804. The van der Waals surface area contributed by atoms with E-state index in [4.69, 9.17) is 35.0 Å². The zero-order chi connectivity index (χ0) is 9.00. The van der Waals surface area contributed by atoms with Gasteiger partial charge in [-0.15, -0.1) is 0 Å². The Morgan fingerprint density at radius 2 is 0.667 bits per heavy atom. The summed E-state index contributed by atoms with van der Waals surface area (Å²) in [6.07, 6.45) is 0. The predicted molar refractivity (Wildman–Crippen MR) is 26.9 cm³/mol. The van der Waals surface area contributed by atoms with Gasteiger partial charge in [0.05, 0.1) is 0 Å². The summed E-state index contributed by atoms with van der Waals surface area (Å²) in [5.41, 5.74) is 0. The Kier molecular flexibility index (Phi) is 16.1. The van der Waals surface area contributed by atoms with E-state index in [9.17, 15) is 0 Å². The maximum absolute atomic E-state index is 8.52. The van der Waals surface area contributed by atoms with Crippen LogP contribution in [0, 0.1) is 0 Å². The largest absolute Gasteiger partial charge is 3.00 e. The predicted octanol–water partition coefficient (Wildman–Crippen LogP) is -2.30. The van der Waals surface area contributed by atoms with Gasteiger partial charge in [0.25, 0.3) is 0 Å². The van der Waals surface area contributed by atoms with Gasteiger partial charge in [-0.3, -0.25) is 16.8 Å². The fourth-order valence-electron chi connectivity index (χ4n) is 0. The molecule has 12 heteroatoms. The SMILES string of the molecule is O=S(=O)([O-])[O-].O=S(=O)([O-])[O-].[NH4+].[Y+3]. The summed E-state index contributed by atoms with van der Waals surface area (Å²) in [4.78, 5) is 0. The van der Waals surface area contributed by atoms with Gasteiger partial charge < -0.3 is 24.4 Å². The van der Waals surface area contributed by atoms with Crippen LogP contribution in [0.1, 0.15) is 0 Å². The van der Waals surface area contributed by atoms with Gasteiger partial charge >= 0.3 is 32.7 Å².